The van der Waals surface area contributed by atoms with Crippen LogP contribution in [0.4, 0.5) is 11.4 Å². The lowest BCUT2D eigenvalue weighted by Gasteiger charge is -2.11. The summed E-state index contributed by atoms with van der Waals surface area (Å²) in [5.74, 6) is 1.12. The van der Waals surface area contributed by atoms with E-state index in [0.29, 0.717) is 28.8 Å². The monoisotopic (exact) mass is 525 g/mol. The molecule has 1 aromatic heterocycles. The van der Waals surface area contributed by atoms with Gasteiger partial charge in [0.15, 0.2) is 11.0 Å². The summed E-state index contributed by atoms with van der Waals surface area (Å²) >= 11 is 1.54. The molecule has 37 heavy (non-hydrogen) atoms. The molecule has 1 heterocycles. The number of rotatable bonds is 17. The van der Waals surface area contributed by atoms with Crippen molar-refractivity contribution >= 4 is 23.1 Å². The van der Waals surface area contributed by atoms with Crippen LogP contribution in [0, 0.1) is 20.2 Å². The van der Waals surface area contributed by atoms with Crippen molar-refractivity contribution < 1.29 is 9.85 Å². The zero-order chi connectivity index (χ0) is 26.5. The van der Waals surface area contributed by atoms with Crippen molar-refractivity contribution in [1.29, 1.82) is 0 Å². The van der Waals surface area contributed by atoms with E-state index < -0.39 is 9.85 Å². The lowest BCUT2D eigenvalue weighted by atomic mass is 10.1. The summed E-state index contributed by atoms with van der Waals surface area (Å²) in [6, 6.07) is 13.7. The first-order chi connectivity index (χ1) is 18.0. The topological polar surface area (TPSA) is 117 Å². The second kappa shape index (κ2) is 15.1. The molecular formula is C27H35N5O4S. The van der Waals surface area contributed by atoms with Gasteiger partial charge in [-0.3, -0.25) is 20.2 Å². The zero-order valence-corrected chi connectivity index (χ0v) is 22.2. The van der Waals surface area contributed by atoms with Gasteiger partial charge >= 0.3 is 0 Å². The SMILES string of the molecule is CCCCCCCCCCCCn1c(SCc2ccccc2)nnc1-c1cc([N+](=O)[O-])cc([N+](=O)[O-])c1. The van der Waals surface area contributed by atoms with Gasteiger partial charge in [0.25, 0.3) is 11.4 Å². The standard InChI is InChI=1S/C27H35N5O4S/c1-2-3-4-5-6-7-8-9-10-14-17-30-26(23-18-24(31(33)34)20-25(19-23)32(35)36)28-29-27(30)37-21-22-15-12-11-13-16-22/h11-13,15-16,18-20H,2-10,14,17,21H2,1H3. The highest BCUT2D eigenvalue weighted by Gasteiger charge is 2.22. The Balaban J connectivity index is 1.72. The summed E-state index contributed by atoms with van der Waals surface area (Å²) in [4.78, 5) is 21.6. The third-order valence-corrected chi connectivity index (χ3v) is 7.28. The average molecular weight is 526 g/mol. The second-order valence-electron chi connectivity index (χ2n) is 9.17. The van der Waals surface area contributed by atoms with Gasteiger partial charge in [-0.25, -0.2) is 0 Å². The van der Waals surface area contributed by atoms with Crippen LogP contribution >= 0.6 is 11.8 Å². The van der Waals surface area contributed by atoms with Gasteiger partial charge in [0, 0.05) is 30.0 Å². The first kappa shape index (κ1) is 28.3. The Kier molecular flexibility index (Phi) is 11.5. The number of hydrogen-bond acceptors (Lipinski definition) is 7. The molecule has 0 atom stereocenters. The number of nitrogens with zero attached hydrogens (tertiary/aromatic N) is 5. The van der Waals surface area contributed by atoms with Gasteiger partial charge in [0.05, 0.1) is 15.9 Å². The van der Waals surface area contributed by atoms with Crippen LogP contribution in [0.25, 0.3) is 11.4 Å². The van der Waals surface area contributed by atoms with Crippen molar-refractivity contribution in [3.63, 3.8) is 0 Å². The average Bonchev–Trinajstić information content (AvgIpc) is 3.31. The molecule has 10 heteroatoms. The highest BCUT2D eigenvalue weighted by molar-refractivity contribution is 7.98. The van der Waals surface area contributed by atoms with Crippen LogP contribution in [0.15, 0.2) is 53.7 Å². The van der Waals surface area contributed by atoms with Crippen LogP contribution in [-0.4, -0.2) is 24.6 Å². The molecule has 0 aliphatic heterocycles. The van der Waals surface area contributed by atoms with Gasteiger partial charge in [-0.1, -0.05) is 107 Å². The lowest BCUT2D eigenvalue weighted by Crippen LogP contribution is -2.04. The largest absolute Gasteiger partial charge is 0.302 e. The Bertz CT molecular complexity index is 1120. The smallest absolute Gasteiger partial charge is 0.277 e. The molecule has 198 valence electrons. The lowest BCUT2D eigenvalue weighted by molar-refractivity contribution is -0.394. The summed E-state index contributed by atoms with van der Waals surface area (Å²) in [6.45, 7) is 2.87. The third-order valence-electron chi connectivity index (χ3n) is 6.25. The van der Waals surface area contributed by atoms with Crippen LogP contribution in [0.2, 0.25) is 0 Å². The molecule has 0 bridgehead atoms. The molecule has 3 rings (SSSR count). The number of aromatic nitrogens is 3. The molecule has 2 aromatic carbocycles. The van der Waals surface area contributed by atoms with Crippen molar-refractivity contribution in [2.24, 2.45) is 0 Å². The summed E-state index contributed by atoms with van der Waals surface area (Å²) in [7, 11) is 0. The molecule has 0 saturated carbocycles. The van der Waals surface area contributed by atoms with Crippen molar-refractivity contribution in [2.45, 2.75) is 88.6 Å². The van der Waals surface area contributed by atoms with E-state index in [1.165, 1.54) is 68.8 Å². The number of hydrogen-bond donors (Lipinski definition) is 0. The van der Waals surface area contributed by atoms with Crippen LogP contribution in [0.1, 0.15) is 76.7 Å². The van der Waals surface area contributed by atoms with Crippen molar-refractivity contribution in [3.05, 3.63) is 74.3 Å². The van der Waals surface area contributed by atoms with E-state index in [9.17, 15) is 20.2 Å². The number of non-ortho nitro benzene ring substituents is 2. The summed E-state index contributed by atoms with van der Waals surface area (Å²) in [6.07, 6.45) is 12.1. The zero-order valence-electron chi connectivity index (χ0n) is 21.4. The summed E-state index contributed by atoms with van der Waals surface area (Å²) < 4.78 is 1.95. The Morgan fingerprint density at radius 3 is 1.92 bits per heavy atom. The molecule has 0 aliphatic carbocycles. The van der Waals surface area contributed by atoms with E-state index in [0.717, 1.165) is 30.9 Å². The maximum absolute atomic E-state index is 11.4. The Morgan fingerprint density at radius 1 is 0.784 bits per heavy atom. The number of thioether (sulfide) groups is 1. The molecular weight excluding hydrogens is 490 g/mol. The molecule has 3 aromatic rings. The van der Waals surface area contributed by atoms with Gasteiger partial charge < -0.3 is 4.57 Å². The molecule has 0 fully saturated rings. The van der Waals surface area contributed by atoms with E-state index in [4.69, 9.17) is 0 Å². The maximum Gasteiger partial charge on any atom is 0.277 e. The van der Waals surface area contributed by atoms with E-state index in [1.54, 1.807) is 0 Å². The summed E-state index contributed by atoms with van der Waals surface area (Å²) in [5.41, 5.74) is 0.799. The molecule has 0 saturated heterocycles. The molecule has 0 amide bonds. The van der Waals surface area contributed by atoms with Gasteiger partial charge in [0.2, 0.25) is 0 Å². The van der Waals surface area contributed by atoms with Gasteiger partial charge in [-0.15, -0.1) is 10.2 Å². The predicted octanol–water partition coefficient (Wildman–Crippen LogP) is 7.97. The number of nitro benzene ring substituents is 2. The molecule has 9 nitrogen and oxygen atoms in total. The minimum Gasteiger partial charge on any atom is -0.302 e. The van der Waals surface area contributed by atoms with Crippen LogP contribution in [-0.2, 0) is 12.3 Å². The summed E-state index contributed by atoms with van der Waals surface area (Å²) in [5, 5.41) is 32.2. The van der Waals surface area contributed by atoms with Gasteiger partial charge in [-0.05, 0) is 12.0 Å². The number of nitro groups is 2. The van der Waals surface area contributed by atoms with Gasteiger partial charge in [0.1, 0.15) is 0 Å². The van der Waals surface area contributed by atoms with E-state index in [-0.39, 0.29) is 11.4 Å². The van der Waals surface area contributed by atoms with Crippen LogP contribution in [0.3, 0.4) is 0 Å². The Hall–Kier alpha value is -3.27. The normalized spacial score (nSPS) is 11.1. The van der Waals surface area contributed by atoms with Gasteiger partial charge in [-0.2, -0.15) is 0 Å². The number of unbranched alkanes of at least 4 members (excludes halogenated alkanes) is 9. The van der Waals surface area contributed by atoms with Crippen molar-refractivity contribution in [2.75, 3.05) is 0 Å². The highest BCUT2D eigenvalue weighted by Crippen LogP contribution is 2.32. The fourth-order valence-corrected chi connectivity index (χ4v) is 5.15. The first-order valence-corrected chi connectivity index (χ1v) is 14.0. The van der Waals surface area contributed by atoms with Crippen molar-refractivity contribution in [3.8, 4) is 11.4 Å². The molecule has 0 unspecified atom stereocenters. The minimum absolute atomic E-state index is 0.326. The predicted molar refractivity (Wildman–Crippen MR) is 147 cm³/mol. The van der Waals surface area contributed by atoms with Crippen LogP contribution in [0.5, 0.6) is 0 Å². The van der Waals surface area contributed by atoms with E-state index >= 15 is 0 Å². The molecule has 0 spiro atoms. The molecule has 0 N–H and O–H groups in total. The third kappa shape index (κ3) is 8.96. The van der Waals surface area contributed by atoms with Crippen LogP contribution < -0.4 is 0 Å². The fourth-order valence-electron chi connectivity index (χ4n) is 4.23. The second-order valence-corrected chi connectivity index (χ2v) is 10.1. The molecule has 0 aliphatic rings. The highest BCUT2D eigenvalue weighted by atomic mass is 32.2. The Morgan fingerprint density at radius 2 is 1.35 bits per heavy atom. The van der Waals surface area contributed by atoms with Crippen molar-refractivity contribution in [1.82, 2.24) is 14.8 Å². The maximum atomic E-state index is 11.4. The van der Waals surface area contributed by atoms with E-state index in [2.05, 4.69) is 17.1 Å². The molecule has 0 radical (unpaired) electrons. The minimum atomic E-state index is -0.621. The fraction of sp³-hybridized carbons (Fsp3) is 0.481. The number of benzene rings is 2. The van der Waals surface area contributed by atoms with E-state index in [1.807, 2.05) is 34.9 Å². The first-order valence-electron chi connectivity index (χ1n) is 13.0. The Labute approximate surface area is 222 Å². The quantitative estimate of drug-likeness (QED) is 0.0758.